The second kappa shape index (κ2) is 4.23. The molecule has 0 saturated heterocycles. The van der Waals surface area contributed by atoms with Crippen LogP contribution in [0.25, 0.3) is 0 Å². The lowest BCUT2D eigenvalue weighted by atomic mass is 10.2. The highest BCUT2D eigenvalue weighted by molar-refractivity contribution is 5.70. The highest BCUT2D eigenvalue weighted by Gasteiger charge is 2.02. The van der Waals surface area contributed by atoms with E-state index in [1.807, 2.05) is 44.2 Å². The fraction of sp³-hybridized carbons (Fsp3) is 0.154. The van der Waals surface area contributed by atoms with Crippen LogP contribution in [0.5, 0.6) is 0 Å². The van der Waals surface area contributed by atoms with E-state index in [1.165, 1.54) is 5.56 Å². The summed E-state index contributed by atoms with van der Waals surface area (Å²) in [5.74, 6) is 0.708. The van der Waals surface area contributed by atoms with Crippen molar-refractivity contribution in [2.75, 3.05) is 11.1 Å². The Hall–Kier alpha value is -2.03. The molecule has 3 N–H and O–H groups in total. The average molecular weight is 213 g/mol. The molecule has 82 valence electrons. The first-order valence-corrected chi connectivity index (χ1v) is 5.21. The van der Waals surface area contributed by atoms with Crippen molar-refractivity contribution in [1.29, 1.82) is 0 Å². The van der Waals surface area contributed by atoms with Gasteiger partial charge in [-0.2, -0.15) is 0 Å². The number of nitrogens with zero attached hydrogens (tertiary/aromatic N) is 1. The lowest BCUT2D eigenvalue weighted by Crippen LogP contribution is -2.00. The van der Waals surface area contributed by atoms with E-state index in [2.05, 4.69) is 10.3 Å². The minimum Gasteiger partial charge on any atom is -0.396 e. The molecule has 0 aliphatic heterocycles. The van der Waals surface area contributed by atoms with Crippen molar-refractivity contribution in [2.24, 2.45) is 0 Å². The molecule has 0 saturated carbocycles. The van der Waals surface area contributed by atoms with Crippen LogP contribution in [0, 0.1) is 13.8 Å². The molecule has 3 nitrogen and oxygen atoms in total. The summed E-state index contributed by atoms with van der Waals surface area (Å²) in [5.41, 5.74) is 9.83. The number of nitrogens with two attached hydrogens (primary N) is 1. The zero-order valence-electron chi connectivity index (χ0n) is 9.49. The number of aryl methyl sites for hydroxylation is 2. The SMILES string of the molecule is Cc1cnc(Nc2ccccc2C)c(N)c1. The van der Waals surface area contributed by atoms with Gasteiger partial charge in [0.05, 0.1) is 5.69 Å². The van der Waals surface area contributed by atoms with Gasteiger partial charge in [-0.05, 0) is 37.1 Å². The fourth-order valence-electron chi connectivity index (χ4n) is 1.54. The third-order valence-corrected chi connectivity index (χ3v) is 2.45. The van der Waals surface area contributed by atoms with E-state index in [-0.39, 0.29) is 0 Å². The highest BCUT2D eigenvalue weighted by Crippen LogP contribution is 2.23. The molecule has 0 aliphatic carbocycles. The Balaban J connectivity index is 2.31. The average Bonchev–Trinajstić information content (AvgIpc) is 2.25. The maximum absolute atomic E-state index is 5.89. The molecular weight excluding hydrogens is 198 g/mol. The second-order valence-electron chi connectivity index (χ2n) is 3.89. The van der Waals surface area contributed by atoms with Crippen LogP contribution in [0.3, 0.4) is 0 Å². The largest absolute Gasteiger partial charge is 0.396 e. The maximum Gasteiger partial charge on any atom is 0.153 e. The van der Waals surface area contributed by atoms with Gasteiger partial charge in [-0.3, -0.25) is 0 Å². The molecule has 0 amide bonds. The summed E-state index contributed by atoms with van der Waals surface area (Å²) < 4.78 is 0. The molecular formula is C13H15N3. The minimum atomic E-state index is 0.670. The topological polar surface area (TPSA) is 50.9 Å². The Morgan fingerprint density at radius 2 is 1.94 bits per heavy atom. The molecule has 0 spiro atoms. The highest BCUT2D eigenvalue weighted by atomic mass is 15.0. The first-order chi connectivity index (χ1) is 7.66. The molecule has 0 unspecified atom stereocenters. The minimum absolute atomic E-state index is 0.670. The normalized spacial score (nSPS) is 10.1. The number of nitrogens with one attached hydrogen (secondary N) is 1. The zero-order valence-corrected chi connectivity index (χ0v) is 9.49. The Kier molecular flexibility index (Phi) is 2.77. The number of aromatic nitrogens is 1. The van der Waals surface area contributed by atoms with Gasteiger partial charge in [0.1, 0.15) is 0 Å². The van der Waals surface area contributed by atoms with Crippen molar-refractivity contribution in [3.8, 4) is 0 Å². The second-order valence-corrected chi connectivity index (χ2v) is 3.89. The quantitative estimate of drug-likeness (QED) is 0.806. The number of hydrogen-bond acceptors (Lipinski definition) is 3. The van der Waals surface area contributed by atoms with E-state index in [1.54, 1.807) is 6.20 Å². The van der Waals surface area contributed by atoms with Crippen molar-refractivity contribution in [3.05, 3.63) is 47.7 Å². The van der Waals surface area contributed by atoms with Crippen LogP contribution in [-0.4, -0.2) is 4.98 Å². The summed E-state index contributed by atoms with van der Waals surface area (Å²) in [7, 11) is 0. The Bertz CT molecular complexity index is 506. The predicted octanol–water partition coefficient (Wildman–Crippen LogP) is 3.02. The molecule has 2 aromatic rings. The molecule has 0 atom stereocenters. The smallest absolute Gasteiger partial charge is 0.153 e. The van der Waals surface area contributed by atoms with Crippen LogP contribution in [0.15, 0.2) is 36.5 Å². The van der Waals surface area contributed by atoms with Crippen LogP contribution < -0.4 is 11.1 Å². The van der Waals surface area contributed by atoms with E-state index >= 15 is 0 Å². The van der Waals surface area contributed by atoms with Crippen LogP contribution in [-0.2, 0) is 0 Å². The van der Waals surface area contributed by atoms with Gasteiger partial charge in [-0.25, -0.2) is 4.98 Å². The van der Waals surface area contributed by atoms with Crippen LogP contribution >= 0.6 is 0 Å². The number of hydrogen-bond donors (Lipinski definition) is 2. The van der Waals surface area contributed by atoms with Crippen LogP contribution in [0.4, 0.5) is 17.2 Å². The lowest BCUT2D eigenvalue weighted by molar-refractivity contribution is 1.26. The molecule has 1 aromatic carbocycles. The van der Waals surface area contributed by atoms with Gasteiger partial charge in [0.25, 0.3) is 0 Å². The molecule has 0 radical (unpaired) electrons. The first kappa shape index (κ1) is 10.5. The predicted molar refractivity (Wildman–Crippen MR) is 67.8 cm³/mol. The summed E-state index contributed by atoms with van der Waals surface area (Å²) in [6, 6.07) is 9.96. The monoisotopic (exact) mass is 213 g/mol. The lowest BCUT2D eigenvalue weighted by Gasteiger charge is -2.10. The molecule has 1 heterocycles. The van der Waals surface area contributed by atoms with Gasteiger partial charge in [-0.1, -0.05) is 18.2 Å². The van der Waals surface area contributed by atoms with Crippen molar-refractivity contribution >= 4 is 17.2 Å². The van der Waals surface area contributed by atoms with Crippen molar-refractivity contribution < 1.29 is 0 Å². The van der Waals surface area contributed by atoms with Crippen LogP contribution in [0.2, 0.25) is 0 Å². The van der Waals surface area contributed by atoms with Crippen molar-refractivity contribution in [1.82, 2.24) is 4.98 Å². The number of rotatable bonds is 2. The first-order valence-electron chi connectivity index (χ1n) is 5.21. The Morgan fingerprint density at radius 3 is 2.62 bits per heavy atom. The van der Waals surface area contributed by atoms with Gasteiger partial charge in [0.15, 0.2) is 5.82 Å². The summed E-state index contributed by atoms with van der Waals surface area (Å²) >= 11 is 0. The van der Waals surface area contributed by atoms with Gasteiger partial charge < -0.3 is 11.1 Å². The molecule has 1 aromatic heterocycles. The molecule has 0 fully saturated rings. The van der Waals surface area contributed by atoms with E-state index in [4.69, 9.17) is 5.73 Å². The standard InChI is InChI=1S/C13H15N3/c1-9-7-11(14)13(15-8-9)16-12-6-4-3-5-10(12)2/h3-8H,14H2,1-2H3,(H,15,16). The summed E-state index contributed by atoms with van der Waals surface area (Å²) in [5, 5.41) is 3.23. The number of para-hydroxylation sites is 1. The fourth-order valence-corrected chi connectivity index (χ4v) is 1.54. The van der Waals surface area contributed by atoms with Gasteiger partial charge in [-0.15, -0.1) is 0 Å². The van der Waals surface area contributed by atoms with Gasteiger partial charge in [0.2, 0.25) is 0 Å². The van der Waals surface area contributed by atoms with Gasteiger partial charge in [0, 0.05) is 11.9 Å². The van der Waals surface area contributed by atoms with E-state index in [0.717, 1.165) is 11.3 Å². The third-order valence-electron chi connectivity index (χ3n) is 2.45. The number of nitrogen functional groups attached to an aromatic ring is 1. The molecule has 2 rings (SSSR count). The molecule has 3 heteroatoms. The van der Waals surface area contributed by atoms with E-state index in [9.17, 15) is 0 Å². The maximum atomic E-state index is 5.89. The summed E-state index contributed by atoms with van der Waals surface area (Å²) in [6.07, 6.45) is 1.80. The number of pyridine rings is 1. The zero-order chi connectivity index (χ0) is 11.5. The van der Waals surface area contributed by atoms with Crippen molar-refractivity contribution in [2.45, 2.75) is 13.8 Å². The molecule has 0 bridgehead atoms. The summed E-state index contributed by atoms with van der Waals surface area (Å²) in [4.78, 5) is 4.28. The van der Waals surface area contributed by atoms with E-state index in [0.29, 0.717) is 11.5 Å². The summed E-state index contributed by atoms with van der Waals surface area (Å²) in [6.45, 7) is 4.02. The number of benzene rings is 1. The Labute approximate surface area is 95.3 Å². The van der Waals surface area contributed by atoms with Gasteiger partial charge >= 0.3 is 0 Å². The van der Waals surface area contributed by atoms with E-state index < -0.39 is 0 Å². The number of anilines is 3. The molecule has 16 heavy (non-hydrogen) atoms. The Morgan fingerprint density at radius 1 is 1.19 bits per heavy atom. The van der Waals surface area contributed by atoms with Crippen molar-refractivity contribution in [3.63, 3.8) is 0 Å². The molecule has 0 aliphatic rings. The third kappa shape index (κ3) is 2.14. The van der Waals surface area contributed by atoms with Crippen LogP contribution in [0.1, 0.15) is 11.1 Å².